The molecule has 0 aromatic heterocycles. The molecule has 0 aliphatic carbocycles. The highest BCUT2D eigenvalue weighted by atomic mass is 16.5. The average Bonchev–Trinajstić information content (AvgIpc) is 2.46. The third kappa shape index (κ3) is 2.83. The van der Waals surface area contributed by atoms with Crippen LogP contribution in [0.4, 0.5) is 5.69 Å². The van der Waals surface area contributed by atoms with Crippen molar-refractivity contribution in [2.24, 2.45) is 0 Å². The fraction of sp³-hybridized carbons (Fsp3) is 0.562. The Kier molecular flexibility index (Phi) is 4.42. The molecule has 1 aromatic carbocycles. The molecule has 0 bridgehead atoms. The molecule has 1 aromatic rings. The number of likely N-dealkylation sites (N-methyl/N-ethyl adjacent to an activating group) is 1. The van der Waals surface area contributed by atoms with E-state index >= 15 is 0 Å². The second-order valence-electron chi connectivity index (χ2n) is 5.72. The van der Waals surface area contributed by atoms with E-state index in [4.69, 9.17) is 4.74 Å². The maximum absolute atomic E-state index is 12.9. The van der Waals surface area contributed by atoms with Crippen LogP contribution in [0.15, 0.2) is 18.2 Å². The van der Waals surface area contributed by atoms with Crippen LogP contribution in [-0.4, -0.2) is 48.7 Å². The number of hydrogen-bond donors (Lipinski definition) is 1. The third-order valence-electron chi connectivity index (χ3n) is 4.09. The molecule has 0 radical (unpaired) electrons. The molecule has 0 saturated heterocycles. The molecule has 0 unspecified atom stereocenters. The van der Waals surface area contributed by atoms with Gasteiger partial charge < -0.3 is 19.6 Å². The first kappa shape index (κ1) is 15.6. The van der Waals surface area contributed by atoms with Gasteiger partial charge in [-0.05, 0) is 39.1 Å². The monoisotopic (exact) mass is 292 g/mol. The van der Waals surface area contributed by atoms with Crippen molar-refractivity contribution >= 4 is 11.6 Å². The molecule has 5 heteroatoms. The molecular weight excluding hydrogens is 268 g/mol. The molecule has 0 spiro atoms. The highest BCUT2D eigenvalue weighted by Crippen LogP contribution is 2.42. The Balaban J connectivity index is 2.44. The molecule has 1 heterocycles. The molecule has 2 rings (SSSR count). The van der Waals surface area contributed by atoms with Gasteiger partial charge in [0.25, 0.3) is 5.91 Å². The zero-order valence-corrected chi connectivity index (χ0v) is 13.2. The Morgan fingerprint density at radius 3 is 2.52 bits per heavy atom. The first-order valence-corrected chi connectivity index (χ1v) is 7.42. The number of hydrogen-bond acceptors (Lipinski definition) is 4. The zero-order valence-electron chi connectivity index (χ0n) is 13.2. The summed E-state index contributed by atoms with van der Waals surface area (Å²) in [7, 11) is 3.95. The predicted molar refractivity (Wildman–Crippen MR) is 83.0 cm³/mol. The summed E-state index contributed by atoms with van der Waals surface area (Å²) in [6.07, 6.45) is 1.25. The molecular formula is C16H24N2O3. The normalized spacial score (nSPS) is 16.8. The second kappa shape index (κ2) is 5.93. The summed E-state index contributed by atoms with van der Waals surface area (Å²) in [4.78, 5) is 16.7. The van der Waals surface area contributed by atoms with Crippen LogP contribution in [0, 0.1) is 0 Å². The van der Waals surface area contributed by atoms with E-state index in [-0.39, 0.29) is 11.7 Å². The Morgan fingerprint density at radius 2 is 1.95 bits per heavy atom. The summed E-state index contributed by atoms with van der Waals surface area (Å²) in [5.74, 6) is 0.780. The minimum absolute atomic E-state index is 0.0209. The van der Waals surface area contributed by atoms with E-state index in [0.29, 0.717) is 30.8 Å². The molecule has 0 saturated carbocycles. The van der Waals surface area contributed by atoms with E-state index in [2.05, 4.69) is 0 Å². The van der Waals surface area contributed by atoms with Crippen molar-refractivity contribution in [3.8, 4) is 11.5 Å². The number of nitrogens with zero attached hydrogens (tertiary/aromatic N) is 2. The quantitative estimate of drug-likeness (QED) is 0.904. The van der Waals surface area contributed by atoms with E-state index in [0.717, 1.165) is 6.54 Å². The number of anilines is 1. The SMILES string of the molecule is CCC1(CC)Oc2ccc(O)cc2N(CCN(C)C)C1=O. The van der Waals surface area contributed by atoms with Crippen LogP contribution in [0.2, 0.25) is 0 Å². The molecule has 5 nitrogen and oxygen atoms in total. The van der Waals surface area contributed by atoms with E-state index < -0.39 is 5.60 Å². The van der Waals surface area contributed by atoms with E-state index in [1.807, 2.05) is 32.8 Å². The molecule has 1 N–H and O–H groups in total. The van der Waals surface area contributed by atoms with Crippen molar-refractivity contribution in [3.63, 3.8) is 0 Å². The largest absolute Gasteiger partial charge is 0.508 e. The molecule has 116 valence electrons. The topological polar surface area (TPSA) is 53.0 Å². The lowest BCUT2D eigenvalue weighted by molar-refractivity contribution is -0.136. The van der Waals surface area contributed by atoms with Gasteiger partial charge in [-0.2, -0.15) is 0 Å². The average molecular weight is 292 g/mol. The van der Waals surface area contributed by atoms with E-state index in [1.165, 1.54) is 0 Å². The summed E-state index contributed by atoms with van der Waals surface area (Å²) in [5.41, 5.74) is -0.143. The van der Waals surface area contributed by atoms with Gasteiger partial charge in [-0.3, -0.25) is 4.79 Å². The van der Waals surface area contributed by atoms with Crippen LogP contribution in [0.1, 0.15) is 26.7 Å². The van der Waals surface area contributed by atoms with Crippen molar-refractivity contribution in [1.29, 1.82) is 0 Å². The van der Waals surface area contributed by atoms with Crippen LogP contribution in [-0.2, 0) is 4.79 Å². The number of rotatable bonds is 5. The lowest BCUT2D eigenvalue weighted by Gasteiger charge is -2.42. The number of benzene rings is 1. The standard InChI is InChI=1S/C16H24N2O3/c1-5-16(6-2)15(20)18(10-9-17(3)4)13-11-12(19)7-8-14(13)21-16/h7-8,11,19H,5-6,9-10H2,1-4H3. The Hall–Kier alpha value is -1.75. The summed E-state index contributed by atoms with van der Waals surface area (Å²) in [6.45, 7) is 5.27. The van der Waals surface area contributed by atoms with Gasteiger partial charge in [0, 0.05) is 19.2 Å². The number of carbonyl (C=O) groups excluding carboxylic acids is 1. The van der Waals surface area contributed by atoms with Gasteiger partial charge >= 0.3 is 0 Å². The molecule has 1 aliphatic rings. The van der Waals surface area contributed by atoms with Gasteiger partial charge in [0.05, 0.1) is 5.69 Å². The van der Waals surface area contributed by atoms with Crippen molar-refractivity contribution in [2.45, 2.75) is 32.3 Å². The minimum Gasteiger partial charge on any atom is -0.508 e. The number of carbonyl (C=O) groups is 1. The number of phenolic OH excluding ortho intramolecular Hbond substituents is 1. The second-order valence-corrected chi connectivity index (χ2v) is 5.72. The van der Waals surface area contributed by atoms with Crippen LogP contribution in [0.3, 0.4) is 0 Å². The van der Waals surface area contributed by atoms with Crippen LogP contribution < -0.4 is 9.64 Å². The third-order valence-corrected chi connectivity index (χ3v) is 4.09. The first-order chi connectivity index (χ1) is 9.93. The predicted octanol–water partition coefficient (Wildman–Crippen LogP) is 2.24. The van der Waals surface area contributed by atoms with E-state index in [9.17, 15) is 9.90 Å². The Morgan fingerprint density at radius 1 is 1.29 bits per heavy atom. The van der Waals surface area contributed by atoms with Gasteiger partial charge in [-0.15, -0.1) is 0 Å². The fourth-order valence-electron chi connectivity index (χ4n) is 2.63. The smallest absolute Gasteiger partial charge is 0.271 e. The van der Waals surface area contributed by atoms with Gasteiger partial charge in [-0.1, -0.05) is 13.8 Å². The maximum atomic E-state index is 12.9. The maximum Gasteiger partial charge on any atom is 0.271 e. The van der Waals surface area contributed by atoms with E-state index in [1.54, 1.807) is 23.1 Å². The molecule has 21 heavy (non-hydrogen) atoms. The minimum atomic E-state index is -0.795. The Labute approximate surface area is 126 Å². The van der Waals surface area contributed by atoms with Crippen molar-refractivity contribution in [3.05, 3.63) is 18.2 Å². The zero-order chi connectivity index (χ0) is 15.6. The molecule has 1 amide bonds. The molecule has 1 aliphatic heterocycles. The van der Waals surface area contributed by atoms with Crippen LogP contribution in [0.5, 0.6) is 11.5 Å². The van der Waals surface area contributed by atoms with Gasteiger partial charge in [0.2, 0.25) is 0 Å². The number of amides is 1. The van der Waals surface area contributed by atoms with Gasteiger partial charge in [-0.25, -0.2) is 0 Å². The lowest BCUT2D eigenvalue weighted by Crippen LogP contribution is -2.56. The summed E-state index contributed by atoms with van der Waals surface area (Å²) < 4.78 is 6.01. The number of fused-ring (bicyclic) bond motifs is 1. The fourth-order valence-corrected chi connectivity index (χ4v) is 2.63. The van der Waals surface area contributed by atoms with Gasteiger partial charge in [0.15, 0.2) is 5.60 Å². The van der Waals surface area contributed by atoms with Crippen molar-refractivity contribution in [1.82, 2.24) is 4.90 Å². The summed E-state index contributed by atoms with van der Waals surface area (Å²) in [6, 6.07) is 4.92. The van der Waals surface area contributed by atoms with Gasteiger partial charge in [0.1, 0.15) is 11.5 Å². The Bertz CT molecular complexity index is 524. The first-order valence-electron chi connectivity index (χ1n) is 7.42. The summed E-state index contributed by atoms with van der Waals surface area (Å²) in [5, 5.41) is 9.71. The van der Waals surface area contributed by atoms with Crippen molar-refractivity contribution < 1.29 is 14.6 Å². The van der Waals surface area contributed by atoms with Crippen LogP contribution in [0.25, 0.3) is 0 Å². The highest BCUT2D eigenvalue weighted by Gasteiger charge is 2.45. The number of ether oxygens (including phenoxy) is 1. The number of aromatic hydroxyl groups is 1. The molecule has 0 fully saturated rings. The summed E-state index contributed by atoms with van der Waals surface area (Å²) >= 11 is 0. The highest BCUT2D eigenvalue weighted by molar-refractivity contribution is 6.03. The van der Waals surface area contributed by atoms with Crippen LogP contribution >= 0.6 is 0 Å². The lowest BCUT2D eigenvalue weighted by atomic mass is 9.92. The van der Waals surface area contributed by atoms with Crippen molar-refractivity contribution in [2.75, 3.05) is 32.1 Å². The number of phenols is 1. The molecule has 0 atom stereocenters.